The molecule has 0 saturated carbocycles. The van der Waals surface area contributed by atoms with Crippen LogP contribution in [0.25, 0.3) is 6.08 Å². The number of alkyl halides is 3. The summed E-state index contributed by atoms with van der Waals surface area (Å²) in [4.78, 5) is 14.2. The van der Waals surface area contributed by atoms with Crippen LogP contribution >= 0.6 is 0 Å². The van der Waals surface area contributed by atoms with Crippen LogP contribution in [0.4, 0.5) is 24.5 Å². The molecule has 0 radical (unpaired) electrons. The number of rotatable bonds is 3. The molecule has 26 heavy (non-hydrogen) atoms. The molecule has 0 fully saturated rings. The molecule has 1 N–H and O–H groups in total. The van der Waals surface area contributed by atoms with Gasteiger partial charge in [-0.25, -0.2) is 0 Å². The van der Waals surface area contributed by atoms with Gasteiger partial charge in [0, 0.05) is 19.7 Å². The first-order chi connectivity index (χ1) is 12.3. The number of carbonyl (C=O) groups is 1. The maximum atomic E-state index is 13.0. The molecule has 0 atom stereocenters. The van der Waals surface area contributed by atoms with Gasteiger partial charge in [0.05, 0.1) is 22.5 Å². The average Bonchev–Trinajstić information content (AvgIpc) is 2.60. The van der Waals surface area contributed by atoms with E-state index in [-0.39, 0.29) is 12.3 Å². The predicted octanol–water partition coefficient (Wildman–Crippen LogP) is 4.19. The van der Waals surface area contributed by atoms with Gasteiger partial charge in [0.2, 0.25) is 0 Å². The zero-order valence-corrected chi connectivity index (χ0v) is 14.2. The summed E-state index contributed by atoms with van der Waals surface area (Å²) < 4.78 is 44.5. The van der Waals surface area contributed by atoms with Crippen molar-refractivity contribution in [1.82, 2.24) is 0 Å². The lowest BCUT2D eigenvalue weighted by Gasteiger charge is -2.21. The molecule has 0 bridgehead atoms. The third kappa shape index (κ3) is 3.66. The van der Waals surface area contributed by atoms with Crippen molar-refractivity contribution in [1.29, 1.82) is 0 Å². The molecule has 0 unspecified atom stereocenters. The molecule has 0 aliphatic carbocycles. The number of hydrogen-bond acceptors (Lipinski definition) is 3. The van der Waals surface area contributed by atoms with E-state index in [9.17, 15) is 18.0 Å². The van der Waals surface area contributed by atoms with Crippen LogP contribution in [0.2, 0.25) is 0 Å². The Balaban J connectivity index is 1.91. The highest BCUT2D eigenvalue weighted by Crippen LogP contribution is 2.35. The Morgan fingerprint density at radius 1 is 1.15 bits per heavy atom. The van der Waals surface area contributed by atoms with Gasteiger partial charge in [-0.15, -0.1) is 0 Å². The van der Waals surface area contributed by atoms with Gasteiger partial charge in [0.15, 0.2) is 0 Å². The van der Waals surface area contributed by atoms with Crippen LogP contribution in [0.1, 0.15) is 11.1 Å². The Morgan fingerprint density at radius 2 is 1.88 bits per heavy atom. The lowest BCUT2D eigenvalue weighted by Crippen LogP contribution is -2.23. The van der Waals surface area contributed by atoms with Crippen LogP contribution in [0.3, 0.4) is 0 Å². The number of nitrogens with zero attached hydrogens (tertiary/aromatic N) is 1. The molecule has 3 rings (SSSR count). The monoisotopic (exact) mass is 362 g/mol. The van der Waals surface area contributed by atoms with Gasteiger partial charge in [-0.2, -0.15) is 13.2 Å². The number of halogens is 3. The number of benzene rings is 2. The van der Waals surface area contributed by atoms with E-state index in [2.05, 4.69) is 5.32 Å². The standard InChI is InChI=1S/C19H17F3N2O2/c1-24(2)16-8-7-14(19(20,21)22)10-15(16)23-18(25)13-9-12-5-3-4-6-17(12)26-11-13/h3-10H,11H2,1-2H3,(H,23,25). The molecule has 1 heterocycles. The highest BCUT2D eigenvalue weighted by Gasteiger charge is 2.31. The summed E-state index contributed by atoms with van der Waals surface area (Å²) in [7, 11) is 3.38. The molecule has 1 aliphatic heterocycles. The molecule has 0 aromatic heterocycles. The first kappa shape index (κ1) is 17.8. The molecule has 136 valence electrons. The van der Waals surface area contributed by atoms with Crippen molar-refractivity contribution in [2.75, 3.05) is 30.9 Å². The predicted molar refractivity (Wildman–Crippen MR) is 94.3 cm³/mol. The van der Waals surface area contributed by atoms with Crippen LogP contribution in [0, 0.1) is 0 Å². The Morgan fingerprint density at radius 3 is 2.58 bits per heavy atom. The van der Waals surface area contributed by atoms with Gasteiger partial charge >= 0.3 is 6.18 Å². The topological polar surface area (TPSA) is 41.6 Å². The maximum absolute atomic E-state index is 13.0. The number of nitrogens with one attached hydrogen (secondary N) is 1. The third-order valence-corrected chi connectivity index (χ3v) is 3.98. The van der Waals surface area contributed by atoms with Crippen LogP contribution in [0.5, 0.6) is 5.75 Å². The summed E-state index contributed by atoms with van der Waals surface area (Å²) in [6, 6.07) is 10.5. The number of anilines is 2. The summed E-state index contributed by atoms with van der Waals surface area (Å²) in [6.07, 6.45) is -2.81. The SMILES string of the molecule is CN(C)c1ccc(C(F)(F)F)cc1NC(=O)C1=Cc2ccccc2OC1. The fraction of sp³-hybridized carbons (Fsp3) is 0.211. The number of hydrogen-bond donors (Lipinski definition) is 1. The van der Waals surface area contributed by atoms with Crippen LogP contribution in [-0.4, -0.2) is 26.6 Å². The Kier molecular flexibility index (Phi) is 4.63. The minimum atomic E-state index is -4.49. The largest absolute Gasteiger partial charge is 0.488 e. The van der Waals surface area contributed by atoms with Crippen molar-refractivity contribution >= 4 is 23.4 Å². The molecule has 0 spiro atoms. The fourth-order valence-electron chi connectivity index (χ4n) is 2.65. The molecule has 2 aromatic carbocycles. The van der Waals surface area contributed by atoms with Crippen molar-refractivity contribution in [3.05, 3.63) is 59.2 Å². The minimum absolute atomic E-state index is 0.0547. The van der Waals surface area contributed by atoms with Crippen LogP contribution < -0.4 is 15.0 Å². The van der Waals surface area contributed by atoms with Gasteiger partial charge in [-0.05, 0) is 30.3 Å². The quantitative estimate of drug-likeness (QED) is 0.890. The van der Waals surface area contributed by atoms with E-state index in [4.69, 9.17) is 4.74 Å². The van der Waals surface area contributed by atoms with Gasteiger partial charge < -0.3 is 15.0 Å². The van der Waals surface area contributed by atoms with E-state index in [0.717, 1.165) is 17.7 Å². The first-order valence-electron chi connectivity index (χ1n) is 7.88. The lowest BCUT2D eigenvalue weighted by atomic mass is 10.1. The summed E-state index contributed by atoms with van der Waals surface area (Å²) in [6.45, 7) is 0.0547. The first-order valence-corrected chi connectivity index (χ1v) is 7.88. The van der Waals surface area contributed by atoms with E-state index in [1.165, 1.54) is 6.07 Å². The summed E-state index contributed by atoms with van der Waals surface area (Å²) in [5.74, 6) is 0.166. The van der Waals surface area contributed by atoms with Crippen molar-refractivity contribution in [3.63, 3.8) is 0 Å². The van der Waals surface area contributed by atoms with Crippen molar-refractivity contribution in [2.45, 2.75) is 6.18 Å². The maximum Gasteiger partial charge on any atom is 0.416 e. The molecule has 0 saturated heterocycles. The van der Waals surface area contributed by atoms with Crippen molar-refractivity contribution in [2.24, 2.45) is 0 Å². The number of para-hydroxylation sites is 1. The number of fused-ring (bicyclic) bond motifs is 1. The Bertz CT molecular complexity index is 873. The second-order valence-electron chi connectivity index (χ2n) is 6.07. The molecular weight excluding hydrogens is 345 g/mol. The highest BCUT2D eigenvalue weighted by atomic mass is 19.4. The van der Waals surface area contributed by atoms with E-state index in [1.54, 1.807) is 37.2 Å². The van der Waals surface area contributed by atoms with Gasteiger partial charge in [-0.3, -0.25) is 4.79 Å². The molecular formula is C19H17F3N2O2. The van der Waals surface area contributed by atoms with E-state index < -0.39 is 17.6 Å². The van der Waals surface area contributed by atoms with E-state index in [0.29, 0.717) is 17.0 Å². The normalized spacial score (nSPS) is 13.3. The van der Waals surface area contributed by atoms with Gasteiger partial charge in [-0.1, -0.05) is 18.2 Å². The van der Waals surface area contributed by atoms with E-state index in [1.807, 2.05) is 12.1 Å². The average molecular weight is 362 g/mol. The zero-order chi connectivity index (χ0) is 18.9. The number of amides is 1. The molecule has 2 aromatic rings. The summed E-state index contributed by atoms with van der Waals surface area (Å²) in [5, 5.41) is 2.58. The second-order valence-corrected chi connectivity index (χ2v) is 6.07. The van der Waals surface area contributed by atoms with Crippen LogP contribution in [-0.2, 0) is 11.0 Å². The van der Waals surface area contributed by atoms with Crippen LogP contribution in [0.15, 0.2) is 48.0 Å². The molecule has 4 nitrogen and oxygen atoms in total. The lowest BCUT2D eigenvalue weighted by molar-refractivity contribution is -0.137. The Labute approximate surface area is 148 Å². The van der Waals surface area contributed by atoms with Gasteiger partial charge in [0.1, 0.15) is 12.4 Å². The smallest absolute Gasteiger partial charge is 0.416 e. The minimum Gasteiger partial charge on any atom is -0.488 e. The number of ether oxygens (including phenoxy) is 1. The van der Waals surface area contributed by atoms with E-state index >= 15 is 0 Å². The van der Waals surface area contributed by atoms with Gasteiger partial charge in [0.25, 0.3) is 5.91 Å². The highest BCUT2D eigenvalue weighted by molar-refractivity contribution is 6.09. The molecule has 1 amide bonds. The summed E-state index contributed by atoms with van der Waals surface area (Å²) >= 11 is 0. The Hall–Kier alpha value is -2.96. The molecule has 1 aliphatic rings. The summed E-state index contributed by atoms with van der Waals surface area (Å²) in [5.41, 5.74) is 0.836. The second kappa shape index (κ2) is 6.74. The third-order valence-electron chi connectivity index (χ3n) is 3.98. The fourth-order valence-corrected chi connectivity index (χ4v) is 2.65. The zero-order valence-electron chi connectivity index (χ0n) is 14.2. The van der Waals surface area contributed by atoms with Crippen molar-refractivity contribution < 1.29 is 22.7 Å². The van der Waals surface area contributed by atoms with Crippen molar-refractivity contribution in [3.8, 4) is 5.75 Å². The number of carbonyl (C=O) groups excluding carboxylic acids is 1. The molecule has 7 heteroatoms.